The van der Waals surface area contributed by atoms with Crippen LogP contribution in [0.3, 0.4) is 0 Å². The molecule has 0 N–H and O–H groups in total. The topological polar surface area (TPSA) is 50.8 Å². The minimum Gasteiger partial charge on any atom is -0.823 e. The van der Waals surface area contributed by atoms with E-state index < -0.39 is 10.8 Å². The van der Waals surface area contributed by atoms with E-state index in [9.17, 15) is 5.11 Å². The Balaban J connectivity index is 2.53. The summed E-state index contributed by atoms with van der Waals surface area (Å²) in [6.45, 7) is 14.9. The third-order valence-corrected chi connectivity index (χ3v) is 8.81. The Morgan fingerprint density at radius 1 is 0.806 bits per heavy atom. The van der Waals surface area contributed by atoms with E-state index in [2.05, 4.69) is 41.5 Å². The molecule has 1 aromatic rings. The molecule has 0 aliphatic heterocycles. The minimum absolute atomic E-state index is 0.0738. The highest BCUT2D eigenvalue weighted by Crippen LogP contribution is 2.52. The summed E-state index contributed by atoms with van der Waals surface area (Å²) in [6.07, 6.45) is 11.8. The summed E-state index contributed by atoms with van der Waals surface area (Å²) >= 11 is 0. The first-order chi connectivity index (χ1) is 17.3. The zero-order valence-electron chi connectivity index (χ0n) is 23.5. The first kappa shape index (κ1) is 30.6. The van der Waals surface area contributed by atoms with Crippen molar-refractivity contribution in [2.45, 2.75) is 110 Å². The van der Waals surface area contributed by atoms with Gasteiger partial charge in [0.25, 0.3) is 0 Å². The van der Waals surface area contributed by atoms with Crippen LogP contribution in [0, 0.1) is 0 Å². The maximum Gasteiger partial charge on any atom is 0.124 e. The van der Waals surface area contributed by atoms with Gasteiger partial charge in [-0.1, -0.05) is 89.6 Å². The molecule has 0 saturated carbocycles. The second-order valence-corrected chi connectivity index (χ2v) is 11.6. The average molecular weight is 516 g/mol. The Kier molecular flexibility index (Phi) is 13.3. The molecule has 4 nitrogen and oxygen atoms in total. The molecule has 36 heavy (non-hydrogen) atoms. The maximum absolute atomic E-state index is 13.5. The number of ether oxygens (including phenoxy) is 3. The summed E-state index contributed by atoms with van der Waals surface area (Å²) in [6, 6.07) is 9.54. The Morgan fingerprint density at radius 3 is 1.94 bits per heavy atom. The molecule has 0 spiro atoms. The van der Waals surface area contributed by atoms with Crippen molar-refractivity contribution in [1.82, 2.24) is 0 Å². The van der Waals surface area contributed by atoms with Crippen molar-refractivity contribution in [2.75, 3.05) is 19.8 Å². The first-order valence-electron chi connectivity index (χ1n) is 14.0. The Hall–Kier alpha value is -1.61. The quantitative estimate of drug-likeness (QED) is 0.157. The zero-order valence-corrected chi connectivity index (χ0v) is 24.4. The summed E-state index contributed by atoms with van der Waals surface area (Å²) in [5.74, 6) is 1.62. The molecule has 202 valence electrons. The van der Waals surface area contributed by atoms with E-state index in [1.165, 1.54) is 0 Å². The van der Waals surface area contributed by atoms with Gasteiger partial charge in [0.1, 0.15) is 17.1 Å². The molecule has 2 rings (SSSR count). The predicted molar refractivity (Wildman–Crippen MR) is 151 cm³/mol. The molecule has 2 atom stereocenters. The molecular formula is C31H48O4P-. The van der Waals surface area contributed by atoms with Crippen LogP contribution in [-0.4, -0.2) is 36.1 Å². The highest BCUT2D eigenvalue weighted by molar-refractivity contribution is 7.42. The smallest absolute Gasteiger partial charge is 0.124 e. The monoisotopic (exact) mass is 515 g/mol. The molecule has 2 unspecified atom stereocenters. The number of hydrogen-bond acceptors (Lipinski definition) is 4. The normalized spacial score (nSPS) is 22.5. The summed E-state index contributed by atoms with van der Waals surface area (Å²) < 4.78 is 19.5. The van der Waals surface area contributed by atoms with Crippen LogP contribution in [0.25, 0.3) is 0 Å². The van der Waals surface area contributed by atoms with Gasteiger partial charge in [-0.25, -0.2) is 0 Å². The van der Waals surface area contributed by atoms with E-state index in [1.54, 1.807) is 0 Å². The molecule has 5 heteroatoms. The summed E-state index contributed by atoms with van der Waals surface area (Å²) in [4.78, 5) is 0. The van der Waals surface area contributed by atoms with Gasteiger partial charge in [0.2, 0.25) is 0 Å². The van der Waals surface area contributed by atoms with Gasteiger partial charge in [-0.15, -0.1) is 13.7 Å². The molecule has 0 amide bonds. The number of benzene rings is 1. The molecule has 0 heterocycles. The lowest BCUT2D eigenvalue weighted by Gasteiger charge is -2.49. The largest absolute Gasteiger partial charge is 0.823 e. The average Bonchev–Trinajstić information content (AvgIpc) is 2.88. The molecule has 1 aromatic carbocycles. The SMILES string of the molecule is CCCCCOC1=CC(OCCCCC)=C(C)C(C)(OCCCCC)C1(C)P=C([O-])c1ccccc1. The Bertz CT molecular complexity index is 876. The highest BCUT2D eigenvalue weighted by Gasteiger charge is 2.53. The van der Waals surface area contributed by atoms with Crippen molar-refractivity contribution >= 4 is 13.7 Å². The molecule has 0 bridgehead atoms. The molecule has 0 fully saturated rings. The van der Waals surface area contributed by atoms with Gasteiger partial charge in [0.05, 0.1) is 18.4 Å². The fraction of sp³-hybridized carbons (Fsp3) is 0.645. The number of allylic oxidation sites excluding steroid dienone is 1. The van der Waals surface area contributed by atoms with Crippen LogP contribution in [-0.2, 0) is 14.2 Å². The molecule has 0 saturated heterocycles. The van der Waals surface area contributed by atoms with Gasteiger partial charge in [-0.3, -0.25) is 0 Å². The summed E-state index contributed by atoms with van der Waals surface area (Å²) in [5.41, 5.74) is 1.08. The van der Waals surface area contributed by atoms with E-state index in [0.29, 0.717) is 33.6 Å². The van der Waals surface area contributed by atoms with Crippen LogP contribution in [0.4, 0.5) is 0 Å². The van der Waals surface area contributed by atoms with Gasteiger partial charge in [0.15, 0.2) is 0 Å². The van der Waals surface area contributed by atoms with Gasteiger partial charge in [0, 0.05) is 18.3 Å². The van der Waals surface area contributed by atoms with Gasteiger partial charge >= 0.3 is 0 Å². The summed E-state index contributed by atoms with van der Waals surface area (Å²) in [5, 5.41) is 12.9. The fourth-order valence-corrected chi connectivity index (χ4v) is 5.86. The predicted octanol–water partition coefficient (Wildman–Crippen LogP) is 7.78. The van der Waals surface area contributed by atoms with Crippen molar-refractivity contribution in [2.24, 2.45) is 0 Å². The first-order valence-corrected chi connectivity index (χ1v) is 14.9. The van der Waals surface area contributed by atoms with Crippen molar-refractivity contribution in [3.63, 3.8) is 0 Å². The van der Waals surface area contributed by atoms with Crippen LogP contribution in [0.5, 0.6) is 0 Å². The van der Waals surface area contributed by atoms with Crippen LogP contribution in [0.1, 0.15) is 105 Å². The Morgan fingerprint density at radius 2 is 1.36 bits per heavy atom. The van der Waals surface area contributed by atoms with E-state index in [4.69, 9.17) is 14.2 Å². The number of rotatable bonds is 17. The van der Waals surface area contributed by atoms with E-state index in [-0.39, 0.29) is 5.48 Å². The molecule has 1 aliphatic rings. The van der Waals surface area contributed by atoms with Crippen molar-refractivity contribution in [3.8, 4) is 0 Å². The van der Waals surface area contributed by atoms with Crippen LogP contribution < -0.4 is 5.11 Å². The van der Waals surface area contributed by atoms with Crippen LogP contribution >= 0.6 is 8.20 Å². The number of unbranched alkanes of at least 4 members (excludes halogenated alkanes) is 6. The third-order valence-electron chi connectivity index (χ3n) is 7.25. The van der Waals surface area contributed by atoms with Gasteiger partial charge in [-0.2, -0.15) is 0 Å². The highest BCUT2D eigenvalue weighted by atomic mass is 31.1. The third kappa shape index (κ3) is 7.94. The van der Waals surface area contributed by atoms with Gasteiger partial charge in [-0.05, 0) is 45.6 Å². The molecular weight excluding hydrogens is 467 g/mol. The van der Waals surface area contributed by atoms with Crippen LogP contribution in [0.2, 0.25) is 0 Å². The second-order valence-electron chi connectivity index (χ2n) is 10.1. The Labute approximate surface area is 221 Å². The van der Waals surface area contributed by atoms with Crippen molar-refractivity contribution in [1.29, 1.82) is 0 Å². The molecule has 1 aliphatic carbocycles. The van der Waals surface area contributed by atoms with Crippen molar-refractivity contribution < 1.29 is 19.3 Å². The lowest BCUT2D eigenvalue weighted by molar-refractivity contribution is -0.207. The van der Waals surface area contributed by atoms with E-state index in [0.717, 1.165) is 74.9 Å². The molecule has 0 aromatic heterocycles. The van der Waals surface area contributed by atoms with Crippen LogP contribution in [0.15, 0.2) is 53.5 Å². The number of hydrogen-bond donors (Lipinski definition) is 0. The lowest BCUT2D eigenvalue weighted by atomic mass is 9.77. The summed E-state index contributed by atoms with van der Waals surface area (Å²) in [7, 11) is 0.641. The van der Waals surface area contributed by atoms with E-state index >= 15 is 0 Å². The maximum atomic E-state index is 13.5. The molecule has 0 radical (unpaired) electrons. The van der Waals surface area contributed by atoms with Gasteiger partial charge < -0.3 is 19.3 Å². The minimum atomic E-state index is -0.734. The lowest BCUT2D eigenvalue weighted by Crippen LogP contribution is -2.54. The van der Waals surface area contributed by atoms with Crippen molar-refractivity contribution in [3.05, 3.63) is 59.1 Å². The second kappa shape index (κ2) is 15.6. The fourth-order valence-electron chi connectivity index (χ4n) is 4.49. The zero-order chi connectivity index (χ0) is 26.4. The standard InChI is InChI=1S/C31H49O4P/c1-7-10-16-21-33-27-24-28(34-22-17-11-8-2)31(6,36-29(32)26-19-14-13-15-20-26)30(5,25(27)4)35-23-18-12-9-3/h13-15,19-20,24,32H,7-12,16-18,21-23H2,1-6H3/p-1. The van der Waals surface area contributed by atoms with E-state index in [1.807, 2.05) is 36.4 Å².